The van der Waals surface area contributed by atoms with E-state index < -0.39 is 0 Å². The number of likely N-dealkylation sites (tertiary alicyclic amines) is 1. The first kappa shape index (κ1) is 13.9. The predicted octanol–water partition coefficient (Wildman–Crippen LogP) is 3.40. The number of aromatic nitrogens is 2. The van der Waals surface area contributed by atoms with Crippen LogP contribution >= 0.6 is 0 Å². The zero-order valence-corrected chi connectivity index (χ0v) is 12.6. The van der Waals surface area contributed by atoms with Gasteiger partial charge < -0.3 is 4.90 Å². The van der Waals surface area contributed by atoms with Gasteiger partial charge in [-0.3, -0.25) is 9.89 Å². The van der Waals surface area contributed by atoms with Gasteiger partial charge in [-0.1, -0.05) is 17.7 Å². The second kappa shape index (κ2) is 5.72. The Labute approximate surface area is 125 Å². The van der Waals surface area contributed by atoms with Gasteiger partial charge in [0, 0.05) is 29.9 Å². The van der Waals surface area contributed by atoms with Crippen molar-refractivity contribution >= 4 is 5.91 Å². The first-order valence-corrected chi connectivity index (χ1v) is 7.57. The predicted molar refractivity (Wildman–Crippen MR) is 83.1 cm³/mol. The number of hydrogen-bond acceptors (Lipinski definition) is 2. The van der Waals surface area contributed by atoms with Crippen LogP contribution in [0.5, 0.6) is 0 Å². The van der Waals surface area contributed by atoms with E-state index in [1.807, 2.05) is 36.2 Å². The lowest BCUT2D eigenvalue weighted by molar-refractivity contribution is 0.0636. The molecule has 1 fully saturated rings. The summed E-state index contributed by atoms with van der Waals surface area (Å²) in [7, 11) is 0. The molecule has 0 aliphatic carbocycles. The van der Waals surface area contributed by atoms with E-state index in [2.05, 4.69) is 17.1 Å². The Hall–Kier alpha value is -2.10. The van der Waals surface area contributed by atoms with E-state index in [0.29, 0.717) is 6.04 Å². The third-order valence-corrected chi connectivity index (χ3v) is 4.28. The average Bonchev–Trinajstić information content (AvgIpc) is 3.01. The maximum absolute atomic E-state index is 13.0. The summed E-state index contributed by atoms with van der Waals surface area (Å²) < 4.78 is 0. The molecular formula is C17H21N3O. The number of H-pyrrole nitrogens is 1. The van der Waals surface area contributed by atoms with E-state index >= 15 is 0 Å². The third-order valence-electron chi connectivity index (χ3n) is 4.28. The summed E-state index contributed by atoms with van der Waals surface area (Å²) >= 11 is 0. The molecule has 4 heteroatoms. The molecule has 0 radical (unpaired) electrons. The second-order valence-corrected chi connectivity index (χ2v) is 5.88. The number of nitrogens with zero attached hydrogens (tertiary/aromatic N) is 2. The highest BCUT2D eigenvalue weighted by atomic mass is 16.2. The van der Waals surface area contributed by atoms with Gasteiger partial charge in [0.1, 0.15) is 0 Å². The molecule has 1 aliphatic heterocycles. The van der Waals surface area contributed by atoms with E-state index in [-0.39, 0.29) is 5.91 Å². The molecule has 1 aromatic heterocycles. The molecule has 1 atom stereocenters. The number of rotatable bonds is 2. The van der Waals surface area contributed by atoms with Crippen molar-refractivity contribution in [2.24, 2.45) is 0 Å². The first-order valence-electron chi connectivity index (χ1n) is 7.57. The van der Waals surface area contributed by atoms with E-state index in [1.165, 1.54) is 6.42 Å². The van der Waals surface area contributed by atoms with Crippen molar-refractivity contribution in [1.29, 1.82) is 0 Å². The molecule has 1 unspecified atom stereocenters. The number of carbonyl (C=O) groups excluding carboxylic acids is 1. The Morgan fingerprint density at radius 2 is 2.24 bits per heavy atom. The third kappa shape index (κ3) is 2.71. The van der Waals surface area contributed by atoms with Crippen LogP contribution in [0.2, 0.25) is 0 Å². The van der Waals surface area contributed by atoms with Crippen LogP contribution in [0.3, 0.4) is 0 Å². The molecule has 1 saturated heterocycles. The topological polar surface area (TPSA) is 49.0 Å². The first-order chi connectivity index (χ1) is 10.2. The summed E-state index contributed by atoms with van der Waals surface area (Å²) in [5.74, 6) is 0.141. The smallest absolute Gasteiger partial charge is 0.254 e. The number of piperidine rings is 1. The monoisotopic (exact) mass is 283 g/mol. The van der Waals surface area contributed by atoms with Gasteiger partial charge in [0.25, 0.3) is 5.91 Å². The lowest BCUT2D eigenvalue weighted by atomic mass is 9.96. The maximum Gasteiger partial charge on any atom is 0.254 e. The number of carbonyl (C=O) groups is 1. The Balaban J connectivity index is 2.00. The van der Waals surface area contributed by atoms with Crippen LogP contribution < -0.4 is 0 Å². The lowest BCUT2D eigenvalue weighted by Gasteiger charge is -2.34. The SMILES string of the molecule is Cc1ccc(-c2cn[nH]c2)c(C(=O)N2CCCCC2C)c1. The molecule has 0 bridgehead atoms. The minimum Gasteiger partial charge on any atom is -0.336 e. The molecule has 0 saturated carbocycles. The number of aryl methyl sites for hydroxylation is 1. The molecule has 2 aromatic rings. The fourth-order valence-electron chi connectivity index (χ4n) is 3.04. The molecule has 110 valence electrons. The van der Waals surface area contributed by atoms with Gasteiger partial charge in [0.2, 0.25) is 0 Å². The lowest BCUT2D eigenvalue weighted by Crippen LogP contribution is -2.42. The fraction of sp³-hybridized carbons (Fsp3) is 0.412. The van der Waals surface area contributed by atoms with Crippen molar-refractivity contribution in [3.8, 4) is 11.1 Å². The molecule has 1 N–H and O–H groups in total. The van der Waals surface area contributed by atoms with E-state index in [4.69, 9.17) is 0 Å². The molecular weight excluding hydrogens is 262 g/mol. The van der Waals surface area contributed by atoms with Crippen molar-refractivity contribution < 1.29 is 4.79 Å². The molecule has 1 amide bonds. The number of hydrogen-bond donors (Lipinski definition) is 1. The molecule has 4 nitrogen and oxygen atoms in total. The zero-order valence-electron chi connectivity index (χ0n) is 12.6. The van der Waals surface area contributed by atoms with Gasteiger partial charge in [-0.25, -0.2) is 0 Å². The maximum atomic E-state index is 13.0. The quantitative estimate of drug-likeness (QED) is 0.918. The summed E-state index contributed by atoms with van der Waals surface area (Å²) in [5.41, 5.74) is 3.81. The molecule has 2 heterocycles. The van der Waals surface area contributed by atoms with Crippen LogP contribution in [0.1, 0.15) is 42.1 Å². The van der Waals surface area contributed by atoms with E-state index in [9.17, 15) is 4.79 Å². The zero-order chi connectivity index (χ0) is 14.8. The van der Waals surface area contributed by atoms with Crippen LogP contribution in [0.15, 0.2) is 30.6 Å². The van der Waals surface area contributed by atoms with Crippen molar-refractivity contribution in [3.63, 3.8) is 0 Å². The highest BCUT2D eigenvalue weighted by Crippen LogP contribution is 2.27. The normalized spacial score (nSPS) is 18.8. The second-order valence-electron chi connectivity index (χ2n) is 5.88. The standard InChI is InChI=1S/C17H21N3O/c1-12-6-7-15(14-10-18-19-11-14)16(9-12)17(21)20-8-4-3-5-13(20)2/h6-7,9-11,13H,3-5,8H2,1-2H3,(H,18,19). The summed E-state index contributed by atoms with van der Waals surface area (Å²) in [6, 6.07) is 6.37. The highest BCUT2D eigenvalue weighted by molar-refractivity contribution is 6.01. The average molecular weight is 283 g/mol. The van der Waals surface area contributed by atoms with Crippen LogP contribution in [-0.4, -0.2) is 33.6 Å². The largest absolute Gasteiger partial charge is 0.336 e. The summed E-state index contributed by atoms with van der Waals surface area (Å²) in [6.07, 6.45) is 7.01. The minimum atomic E-state index is 0.141. The summed E-state index contributed by atoms with van der Waals surface area (Å²) in [5, 5.41) is 6.82. The molecule has 0 spiro atoms. The Morgan fingerprint density at radius 3 is 2.95 bits per heavy atom. The van der Waals surface area contributed by atoms with Crippen molar-refractivity contribution in [2.75, 3.05) is 6.54 Å². The van der Waals surface area contributed by atoms with Crippen LogP contribution in [0.25, 0.3) is 11.1 Å². The van der Waals surface area contributed by atoms with Gasteiger partial charge in [-0.05, 0) is 44.7 Å². The molecule has 3 rings (SSSR count). The van der Waals surface area contributed by atoms with Gasteiger partial charge >= 0.3 is 0 Å². The number of aromatic amines is 1. The van der Waals surface area contributed by atoms with Gasteiger partial charge in [0.15, 0.2) is 0 Å². The molecule has 1 aliphatic rings. The summed E-state index contributed by atoms with van der Waals surface area (Å²) in [4.78, 5) is 15.0. The highest BCUT2D eigenvalue weighted by Gasteiger charge is 2.26. The van der Waals surface area contributed by atoms with Gasteiger partial charge in [-0.15, -0.1) is 0 Å². The van der Waals surface area contributed by atoms with Crippen LogP contribution in [0.4, 0.5) is 0 Å². The van der Waals surface area contributed by atoms with Crippen molar-refractivity contribution in [3.05, 3.63) is 41.7 Å². The Kier molecular flexibility index (Phi) is 3.78. The summed E-state index contributed by atoms with van der Waals surface area (Å²) in [6.45, 7) is 5.03. The van der Waals surface area contributed by atoms with Crippen molar-refractivity contribution in [1.82, 2.24) is 15.1 Å². The number of nitrogens with one attached hydrogen (secondary N) is 1. The minimum absolute atomic E-state index is 0.141. The van der Waals surface area contributed by atoms with Gasteiger partial charge in [0.05, 0.1) is 6.20 Å². The Morgan fingerprint density at radius 1 is 1.38 bits per heavy atom. The molecule has 1 aromatic carbocycles. The number of amides is 1. The van der Waals surface area contributed by atoms with Crippen LogP contribution in [0, 0.1) is 6.92 Å². The Bertz CT molecular complexity index is 633. The number of benzene rings is 1. The van der Waals surface area contributed by atoms with Crippen LogP contribution in [-0.2, 0) is 0 Å². The van der Waals surface area contributed by atoms with Gasteiger partial charge in [-0.2, -0.15) is 5.10 Å². The fourth-order valence-corrected chi connectivity index (χ4v) is 3.04. The van der Waals surface area contributed by atoms with Crippen molar-refractivity contribution in [2.45, 2.75) is 39.2 Å². The molecule has 21 heavy (non-hydrogen) atoms. The van der Waals surface area contributed by atoms with E-state index in [0.717, 1.165) is 41.6 Å². The van der Waals surface area contributed by atoms with E-state index in [1.54, 1.807) is 6.20 Å².